The molecular formula is C14H21N5S. The topological polar surface area (TPSA) is 53.1 Å². The van der Waals surface area contributed by atoms with E-state index in [2.05, 4.69) is 50.9 Å². The van der Waals surface area contributed by atoms with Crippen LogP contribution in [0, 0.1) is 0 Å². The summed E-state index contributed by atoms with van der Waals surface area (Å²) in [6.45, 7) is 5.27. The maximum Gasteiger partial charge on any atom is 0.226 e. The van der Waals surface area contributed by atoms with Gasteiger partial charge >= 0.3 is 0 Å². The van der Waals surface area contributed by atoms with Gasteiger partial charge in [0.05, 0.1) is 5.39 Å². The van der Waals surface area contributed by atoms with Crippen LogP contribution in [0.2, 0.25) is 0 Å². The summed E-state index contributed by atoms with van der Waals surface area (Å²) >= 11 is 1.67. The van der Waals surface area contributed by atoms with Crippen molar-refractivity contribution in [2.24, 2.45) is 0 Å². The van der Waals surface area contributed by atoms with Crippen molar-refractivity contribution in [1.82, 2.24) is 14.9 Å². The zero-order valence-corrected chi connectivity index (χ0v) is 12.8. The SMILES string of the molecule is CCCNc1nc(NC2CCN(C)C2)c2ccsc2n1. The third kappa shape index (κ3) is 2.86. The molecule has 5 nitrogen and oxygen atoms in total. The summed E-state index contributed by atoms with van der Waals surface area (Å²) in [6, 6.07) is 2.59. The van der Waals surface area contributed by atoms with Gasteiger partial charge in [-0.25, -0.2) is 4.98 Å². The highest BCUT2D eigenvalue weighted by atomic mass is 32.1. The number of rotatable bonds is 5. The normalized spacial score (nSPS) is 19.6. The molecule has 1 fully saturated rings. The molecule has 1 saturated heterocycles. The van der Waals surface area contributed by atoms with Crippen LogP contribution in [0.15, 0.2) is 11.4 Å². The van der Waals surface area contributed by atoms with Crippen LogP contribution in [0.1, 0.15) is 19.8 Å². The highest BCUT2D eigenvalue weighted by molar-refractivity contribution is 7.16. The molecule has 1 atom stereocenters. The number of thiophene rings is 1. The molecule has 0 saturated carbocycles. The third-order valence-electron chi connectivity index (χ3n) is 3.59. The molecule has 20 heavy (non-hydrogen) atoms. The van der Waals surface area contributed by atoms with E-state index in [-0.39, 0.29) is 0 Å². The van der Waals surface area contributed by atoms with Crippen molar-refractivity contribution in [2.75, 3.05) is 37.3 Å². The first-order valence-electron chi connectivity index (χ1n) is 7.20. The molecular weight excluding hydrogens is 270 g/mol. The summed E-state index contributed by atoms with van der Waals surface area (Å²) in [7, 11) is 2.16. The summed E-state index contributed by atoms with van der Waals surface area (Å²) in [5.41, 5.74) is 0. The lowest BCUT2D eigenvalue weighted by Gasteiger charge is -2.15. The second-order valence-electron chi connectivity index (χ2n) is 5.35. The molecule has 1 aliphatic rings. The highest BCUT2D eigenvalue weighted by Gasteiger charge is 2.21. The number of aromatic nitrogens is 2. The van der Waals surface area contributed by atoms with Gasteiger partial charge in [-0.2, -0.15) is 4.98 Å². The van der Waals surface area contributed by atoms with E-state index in [0.717, 1.165) is 48.0 Å². The lowest BCUT2D eigenvalue weighted by molar-refractivity contribution is 0.414. The van der Waals surface area contributed by atoms with Crippen LogP contribution in [0.3, 0.4) is 0 Å². The van der Waals surface area contributed by atoms with Crippen LogP contribution in [-0.4, -0.2) is 47.6 Å². The van der Waals surface area contributed by atoms with Gasteiger partial charge in [-0.15, -0.1) is 11.3 Å². The van der Waals surface area contributed by atoms with E-state index in [4.69, 9.17) is 0 Å². The Kier molecular flexibility index (Phi) is 4.03. The van der Waals surface area contributed by atoms with Crippen LogP contribution < -0.4 is 10.6 Å². The Morgan fingerprint density at radius 2 is 2.35 bits per heavy atom. The van der Waals surface area contributed by atoms with E-state index in [1.54, 1.807) is 11.3 Å². The summed E-state index contributed by atoms with van der Waals surface area (Å²) in [4.78, 5) is 12.6. The van der Waals surface area contributed by atoms with Gasteiger partial charge in [-0.1, -0.05) is 6.92 Å². The van der Waals surface area contributed by atoms with Gasteiger partial charge < -0.3 is 15.5 Å². The van der Waals surface area contributed by atoms with Gasteiger partial charge in [0.1, 0.15) is 10.6 Å². The second-order valence-corrected chi connectivity index (χ2v) is 6.25. The lowest BCUT2D eigenvalue weighted by Crippen LogP contribution is -2.24. The zero-order valence-electron chi connectivity index (χ0n) is 12.0. The lowest BCUT2D eigenvalue weighted by atomic mass is 10.2. The number of hydrogen-bond donors (Lipinski definition) is 2. The molecule has 0 bridgehead atoms. The van der Waals surface area contributed by atoms with Crippen molar-refractivity contribution in [1.29, 1.82) is 0 Å². The standard InChI is InChI=1S/C14H21N5S/c1-3-6-15-14-17-12(11-5-8-20-13(11)18-14)16-10-4-7-19(2)9-10/h5,8,10H,3-4,6-7,9H2,1-2H3,(H2,15,16,17,18). The first-order chi connectivity index (χ1) is 9.76. The average Bonchev–Trinajstić information content (AvgIpc) is 3.05. The minimum Gasteiger partial charge on any atom is -0.365 e. The fourth-order valence-corrected chi connectivity index (χ4v) is 3.29. The molecule has 0 amide bonds. The smallest absolute Gasteiger partial charge is 0.226 e. The summed E-state index contributed by atoms with van der Waals surface area (Å²) in [5.74, 6) is 1.70. The minimum atomic E-state index is 0.483. The Hall–Kier alpha value is -1.40. The molecule has 2 aromatic rings. The van der Waals surface area contributed by atoms with Gasteiger partial charge in [0.25, 0.3) is 0 Å². The second kappa shape index (κ2) is 5.93. The first kappa shape index (κ1) is 13.6. The van der Waals surface area contributed by atoms with E-state index in [1.165, 1.54) is 6.42 Å². The molecule has 108 valence electrons. The van der Waals surface area contributed by atoms with Crippen molar-refractivity contribution >= 4 is 33.3 Å². The Bertz CT molecular complexity index is 582. The Morgan fingerprint density at radius 1 is 1.45 bits per heavy atom. The number of hydrogen-bond acceptors (Lipinski definition) is 6. The van der Waals surface area contributed by atoms with Crippen molar-refractivity contribution in [2.45, 2.75) is 25.8 Å². The predicted molar refractivity (Wildman–Crippen MR) is 85.7 cm³/mol. The van der Waals surface area contributed by atoms with Gasteiger partial charge in [0.2, 0.25) is 5.95 Å². The molecule has 0 aliphatic carbocycles. The Balaban J connectivity index is 1.85. The highest BCUT2D eigenvalue weighted by Crippen LogP contribution is 2.27. The van der Waals surface area contributed by atoms with Crippen LogP contribution in [0.4, 0.5) is 11.8 Å². The number of likely N-dealkylation sites (N-methyl/N-ethyl adjacent to an activating group) is 1. The van der Waals surface area contributed by atoms with Crippen LogP contribution in [-0.2, 0) is 0 Å². The number of nitrogens with zero attached hydrogens (tertiary/aromatic N) is 3. The zero-order chi connectivity index (χ0) is 13.9. The summed E-state index contributed by atoms with van der Waals surface area (Å²) in [5, 5.41) is 10.1. The Labute approximate surface area is 123 Å². The molecule has 2 N–H and O–H groups in total. The van der Waals surface area contributed by atoms with E-state index >= 15 is 0 Å². The predicted octanol–water partition coefficient (Wildman–Crippen LogP) is 2.63. The largest absolute Gasteiger partial charge is 0.365 e. The molecule has 2 aromatic heterocycles. The van der Waals surface area contributed by atoms with Gasteiger partial charge in [0, 0.05) is 19.1 Å². The van der Waals surface area contributed by atoms with E-state index in [9.17, 15) is 0 Å². The molecule has 1 unspecified atom stereocenters. The van der Waals surface area contributed by atoms with Crippen LogP contribution >= 0.6 is 11.3 Å². The fourth-order valence-electron chi connectivity index (χ4n) is 2.53. The van der Waals surface area contributed by atoms with Crippen molar-refractivity contribution in [3.8, 4) is 0 Å². The van der Waals surface area contributed by atoms with E-state index in [1.807, 2.05) is 0 Å². The Morgan fingerprint density at radius 3 is 3.10 bits per heavy atom. The maximum atomic E-state index is 4.65. The van der Waals surface area contributed by atoms with Gasteiger partial charge in [0.15, 0.2) is 0 Å². The molecule has 3 heterocycles. The number of nitrogens with one attached hydrogen (secondary N) is 2. The number of likely N-dealkylation sites (tertiary alicyclic amines) is 1. The first-order valence-corrected chi connectivity index (χ1v) is 8.08. The fraction of sp³-hybridized carbons (Fsp3) is 0.571. The van der Waals surface area contributed by atoms with Gasteiger partial charge in [-0.05, 0) is 37.9 Å². The van der Waals surface area contributed by atoms with E-state index < -0.39 is 0 Å². The van der Waals surface area contributed by atoms with Gasteiger partial charge in [-0.3, -0.25) is 0 Å². The maximum absolute atomic E-state index is 4.65. The molecule has 0 radical (unpaired) electrons. The summed E-state index contributed by atoms with van der Waals surface area (Å²) in [6.07, 6.45) is 2.24. The molecule has 1 aliphatic heterocycles. The van der Waals surface area contributed by atoms with E-state index in [0.29, 0.717) is 6.04 Å². The quantitative estimate of drug-likeness (QED) is 0.887. The van der Waals surface area contributed by atoms with Crippen molar-refractivity contribution in [3.63, 3.8) is 0 Å². The molecule has 6 heteroatoms. The third-order valence-corrected chi connectivity index (χ3v) is 4.40. The molecule has 0 aromatic carbocycles. The van der Waals surface area contributed by atoms with Crippen LogP contribution in [0.25, 0.3) is 10.2 Å². The monoisotopic (exact) mass is 291 g/mol. The van der Waals surface area contributed by atoms with Crippen LogP contribution in [0.5, 0.6) is 0 Å². The van der Waals surface area contributed by atoms with Crippen molar-refractivity contribution in [3.05, 3.63) is 11.4 Å². The van der Waals surface area contributed by atoms with Crippen molar-refractivity contribution < 1.29 is 0 Å². The average molecular weight is 291 g/mol. The molecule has 3 rings (SSSR count). The number of fused-ring (bicyclic) bond motifs is 1. The molecule has 0 spiro atoms. The minimum absolute atomic E-state index is 0.483. The summed E-state index contributed by atoms with van der Waals surface area (Å²) < 4.78 is 0. The number of anilines is 2.